The second-order valence-corrected chi connectivity index (χ2v) is 6.12. The molecular weight excluding hydrogens is 301 g/mol. The number of ether oxygens (including phenoxy) is 1. The fourth-order valence-electron chi connectivity index (χ4n) is 2.88. The molecule has 1 saturated carbocycles. The first-order valence-electron chi connectivity index (χ1n) is 7.46. The van der Waals surface area contributed by atoms with Crippen LogP contribution in [0.15, 0.2) is 42.5 Å². The fraction of sp³-hybridized carbons (Fsp3) is 0.333. The second-order valence-electron chi connectivity index (χ2n) is 5.71. The summed E-state index contributed by atoms with van der Waals surface area (Å²) in [6, 6.07) is 12.6. The van der Waals surface area contributed by atoms with E-state index in [2.05, 4.69) is 5.32 Å². The molecule has 2 atom stereocenters. The number of benzene rings is 2. The summed E-state index contributed by atoms with van der Waals surface area (Å²) in [5.41, 5.74) is 2.08. The van der Waals surface area contributed by atoms with E-state index >= 15 is 0 Å². The predicted molar refractivity (Wildman–Crippen MR) is 87.0 cm³/mol. The lowest BCUT2D eigenvalue weighted by molar-refractivity contribution is 0.407. The van der Waals surface area contributed by atoms with Gasteiger partial charge in [0.2, 0.25) is 0 Å². The summed E-state index contributed by atoms with van der Waals surface area (Å²) in [7, 11) is 1.63. The highest BCUT2D eigenvalue weighted by Gasteiger charge is 2.39. The summed E-state index contributed by atoms with van der Waals surface area (Å²) in [6.45, 7) is 1.65. The molecule has 2 aromatic carbocycles. The van der Waals surface area contributed by atoms with Gasteiger partial charge in [0.05, 0.1) is 7.11 Å². The summed E-state index contributed by atoms with van der Waals surface area (Å²) in [4.78, 5) is 0. The summed E-state index contributed by atoms with van der Waals surface area (Å²) >= 11 is 6.14. The van der Waals surface area contributed by atoms with Crippen LogP contribution in [-0.2, 0) is 6.54 Å². The van der Waals surface area contributed by atoms with Crippen molar-refractivity contribution in [2.24, 2.45) is 5.92 Å². The van der Waals surface area contributed by atoms with E-state index in [1.54, 1.807) is 19.2 Å². The fourth-order valence-corrected chi connectivity index (χ4v) is 3.09. The third-order valence-electron chi connectivity index (χ3n) is 4.19. The van der Waals surface area contributed by atoms with Crippen LogP contribution in [-0.4, -0.2) is 13.7 Å². The van der Waals surface area contributed by atoms with Gasteiger partial charge in [0.15, 0.2) is 0 Å². The molecule has 0 heterocycles. The van der Waals surface area contributed by atoms with E-state index in [-0.39, 0.29) is 5.82 Å². The van der Waals surface area contributed by atoms with Crippen molar-refractivity contribution >= 4 is 11.6 Å². The average Bonchev–Trinajstić information content (AvgIpc) is 3.28. The smallest absolute Gasteiger partial charge is 0.123 e. The van der Waals surface area contributed by atoms with Crippen LogP contribution in [0.1, 0.15) is 23.5 Å². The first-order chi connectivity index (χ1) is 10.7. The van der Waals surface area contributed by atoms with Gasteiger partial charge in [0.1, 0.15) is 11.6 Å². The normalized spacial score (nSPS) is 20.0. The quantitative estimate of drug-likeness (QED) is 0.853. The van der Waals surface area contributed by atoms with Crippen LogP contribution >= 0.6 is 11.6 Å². The monoisotopic (exact) mass is 319 g/mol. The van der Waals surface area contributed by atoms with Gasteiger partial charge in [-0.3, -0.25) is 0 Å². The lowest BCUT2D eigenvalue weighted by atomic mass is 10.1. The molecule has 0 saturated heterocycles. The van der Waals surface area contributed by atoms with E-state index in [9.17, 15) is 4.39 Å². The first-order valence-corrected chi connectivity index (χ1v) is 7.84. The molecule has 1 fully saturated rings. The van der Waals surface area contributed by atoms with Gasteiger partial charge in [0, 0.05) is 17.1 Å². The summed E-state index contributed by atoms with van der Waals surface area (Å²) in [5, 5.41) is 4.22. The lowest BCUT2D eigenvalue weighted by Gasteiger charge is -2.09. The maximum atomic E-state index is 13.4. The van der Waals surface area contributed by atoms with Gasteiger partial charge in [0.25, 0.3) is 0 Å². The Hall–Kier alpha value is -1.58. The molecule has 0 aromatic heterocycles. The molecular formula is C18H19ClFNO. The van der Waals surface area contributed by atoms with Crippen molar-refractivity contribution in [2.45, 2.75) is 18.9 Å². The average molecular weight is 320 g/mol. The zero-order chi connectivity index (χ0) is 15.5. The standard InChI is InChI=1S/C18H19ClFNO/c1-22-18-7-6-14(20)9-16(18)15-8-13(15)11-21-10-12-4-2-3-5-17(12)19/h2-7,9,13,15,21H,8,10-11H2,1H3/t13-,15+/m0/s1. The van der Waals surface area contributed by atoms with Crippen LogP contribution in [0.4, 0.5) is 4.39 Å². The van der Waals surface area contributed by atoms with Crippen LogP contribution in [0.2, 0.25) is 5.02 Å². The molecule has 0 aliphatic heterocycles. The molecule has 1 aliphatic carbocycles. The summed E-state index contributed by atoms with van der Waals surface area (Å²) < 4.78 is 18.8. The SMILES string of the molecule is COc1ccc(F)cc1[C@@H]1C[C@H]1CNCc1ccccc1Cl. The highest BCUT2D eigenvalue weighted by atomic mass is 35.5. The molecule has 0 unspecified atom stereocenters. The maximum Gasteiger partial charge on any atom is 0.123 e. The summed E-state index contributed by atoms with van der Waals surface area (Å²) in [5.74, 6) is 1.48. The Morgan fingerprint density at radius 3 is 2.86 bits per heavy atom. The van der Waals surface area contributed by atoms with Crippen molar-refractivity contribution in [3.05, 3.63) is 64.4 Å². The lowest BCUT2D eigenvalue weighted by Crippen LogP contribution is -2.17. The topological polar surface area (TPSA) is 21.3 Å². The number of halogens is 2. The Kier molecular flexibility index (Phi) is 4.65. The van der Waals surface area contributed by atoms with Crippen molar-refractivity contribution in [1.82, 2.24) is 5.32 Å². The van der Waals surface area contributed by atoms with Crippen LogP contribution in [0.25, 0.3) is 0 Å². The third-order valence-corrected chi connectivity index (χ3v) is 4.56. The van der Waals surface area contributed by atoms with Gasteiger partial charge >= 0.3 is 0 Å². The van der Waals surface area contributed by atoms with E-state index in [1.807, 2.05) is 24.3 Å². The van der Waals surface area contributed by atoms with E-state index < -0.39 is 0 Å². The molecule has 0 amide bonds. The van der Waals surface area contributed by atoms with Gasteiger partial charge in [-0.05, 0) is 54.6 Å². The van der Waals surface area contributed by atoms with Crippen molar-refractivity contribution < 1.29 is 9.13 Å². The van der Waals surface area contributed by atoms with E-state index in [0.29, 0.717) is 11.8 Å². The molecule has 1 N–H and O–H groups in total. The van der Waals surface area contributed by atoms with Gasteiger partial charge in [-0.1, -0.05) is 29.8 Å². The molecule has 1 aliphatic rings. The Bertz CT molecular complexity index is 661. The van der Waals surface area contributed by atoms with Crippen LogP contribution < -0.4 is 10.1 Å². The number of hydrogen-bond donors (Lipinski definition) is 1. The molecule has 2 aromatic rings. The molecule has 4 heteroatoms. The Morgan fingerprint density at radius 1 is 1.27 bits per heavy atom. The number of rotatable bonds is 6. The number of methoxy groups -OCH3 is 1. The van der Waals surface area contributed by atoms with Crippen LogP contribution in [0.3, 0.4) is 0 Å². The van der Waals surface area contributed by atoms with Gasteiger partial charge in [-0.2, -0.15) is 0 Å². The highest BCUT2D eigenvalue weighted by molar-refractivity contribution is 6.31. The predicted octanol–water partition coefficient (Wildman–Crippen LogP) is 4.38. The largest absolute Gasteiger partial charge is 0.496 e. The minimum absolute atomic E-state index is 0.203. The van der Waals surface area contributed by atoms with Crippen molar-refractivity contribution in [3.8, 4) is 5.75 Å². The van der Waals surface area contributed by atoms with E-state index in [0.717, 1.165) is 41.4 Å². The molecule has 22 heavy (non-hydrogen) atoms. The Balaban J connectivity index is 1.55. The van der Waals surface area contributed by atoms with E-state index in [4.69, 9.17) is 16.3 Å². The highest BCUT2D eigenvalue weighted by Crippen LogP contribution is 2.50. The van der Waals surface area contributed by atoms with Crippen LogP contribution in [0.5, 0.6) is 5.75 Å². The maximum absolute atomic E-state index is 13.4. The molecule has 3 rings (SSSR count). The molecule has 116 valence electrons. The molecule has 0 radical (unpaired) electrons. The summed E-state index contributed by atoms with van der Waals surface area (Å²) in [6.07, 6.45) is 1.06. The minimum atomic E-state index is -0.203. The number of nitrogens with one attached hydrogen (secondary N) is 1. The minimum Gasteiger partial charge on any atom is -0.496 e. The Labute approximate surface area is 135 Å². The molecule has 0 bridgehead atoms. The van der Waals surface area contributed by atoms with Gasteiger partial charge in [-0.15, -0.1) is 0 Å². The van der Waals surface area contributed by atoms with Gasteiger partial charge in [-0.25, -0.2) is 4.39 Å². The van der Waals surface area contributed by atoms with Crippen molar-refractivity contribution in [1.29, 1.82) is 0 Å². The molecule has 2 nitrogen and oxygen atoms in total. The zero-order valence-corrected chi connectivity index (χ0v) is 13.2. The zero-order valence-electron chi connectivity index (χ0n) is 12.5. The van der Waals surface area contributed by atoms with Gasteiger partial charge < -0.3 is 10.1 Å². The van der Waals surface area contributed by atoms with Crippen LogP contribution in [0, 0.1) is 11.7 Å². The Morgan fingerprint density at radius 2 is 2.09 bits per heavy atom. The first kappa shape index (κ1) is 15.3. The van der Waals surface area contributed by atoms with Crippen molar-refractivity contribution in [3.63, 3.8) is 0 Å². The number of hydrogen-bond acceptors (Lipinski definition) is 2. The third kappa shape index (κ3) is 3.42. The van der Waals surface area contributed by atoms with E-state index in [1.165, 1.54) is 6.07 Å². The van der Waals surface area contributed by atoms with Crippen molar-refractivity contribution in [2.75, 3.05) is 13.7 Å². The molecule has 0 spiro atoms. The second kappa shape index (κ2) is 6.67.